The molecule has 0 aliphatic carbocycles. The Balaban J connectivity index is 1.34. The van der Waals surface area contributed by atoms with Crippen molar-refractivity contribution in [3.63, 3.8) is 0 Å². The largest absolute Gasteiger partial charge is 0.491 e. The first kappa shape index (κ1) is 28.9. The first-order valence-corrected chi connectivity index (χ1v) is 14.3. The SMILES string of the molecule is CCCCCCCC1CCC(C=Cc2ccc(-c3ccc(-c4ccc(OCC)c(F)c4F)cc3)cc2F)OC1. The van der Waals surface area contributed by atoms with Crippen LogP contribution < -0.4 is 4.74 Å². The van der Waals surface area contributed by atoms with Crippen molar-refractivity contribution >= 4 is 6.08 Å². The maximum atomic E-state index is 14.9. The van der Waals surface area contributed by atoms with Crippen LogP contribution in [0.4, 0.5) is 13.2 Å². The Morgan fingerprint density at radius 2 is 1.56 bits per heavy atom. The van der Waals surface area contributed by atoms with Gasteiger partial charge in [-0.05, 0) is 67.0 Å². The topological polar surface area (TPSA) is 18.5 Å². The summed E-state index contributed by atoms with van der Waals surface area (Å²) in [7, 11) is 0. The normalized spacial score (nSPS) is 17.6. The van der Waals surface area contributed by atoms with Gasteiger partial charge in [-0.25, -0.2) is 8.78 Å². The van der Waals surface area contributed by atoms with Gasteiger partial charge in [0.1, 0.15) is 5.82 Å². The number of halogens is 3. The number of ether oxygens (including phenoxy) is 2. The number of rotatable bonds is 12. The maximum absolute atomic E-state index is 14.9. The van der Waals surface area contributed by atoms with Crippen LogP contribution in [0, 0.1) is 23.4 Å². The van der Waals surface area contributed by atoms with E-state index in [1.165, 1.54) is 56.7 Å². The Morgan fingerprint density at radius 1 is 0.821 bits per heavy atom. The second-order valence-electron chi connectivity index (χ2n) is 10.4. The van der Waals surface area contributed by atoms with E-state index < -0.39 is 11.6 Å². The summed E-state index contributed by atoms with van der Waals surface area (Å²) in [4.78, 5) is 0. The van der Waals surface area contributed by atoms with E-state index in [4.69, 9.17) is 9.47 Å². The Bertz CT molecular complexity index is 1230. The first-order chi connectivity index (χ1) is 19.0. The molecule has 0 aromatic heterocycles. The van der Waals surface area contributed by atoms with Crippen molar-refractivity contribution in [1.29, 1.82) is 0 Å². The van der Waals surface area contributed by atoms with Crippen LogP contribution in [0.15, 0.2) is 60.7 Å². The van der Waals surface area contributed by atoms with Gasteiger partial charge in [-0.15, -0.1) is 0 Å². The van der Waals surface area contributed by atoms with E-state index >= 15 is 0 Å². The minimum atomic E-state index is -1.000. The molecular formula is C34H39F3O2. The molecule has 1 heterocycles. The zero-order chi connectivity index (χ0) is 27.6. The van der Waals surface area contributed by atoms with Gasteiger partial charge in [-0.2, -0.15) is 4.39 Å². The van der Waals surface area contributed by atoms with Crippen LogP contribution in [0.3, 0.4) is 0 Å². The molecule has 0 amide bonds. The molecule has 1 saturated heterocycles. The van der Waals surface area contributed by atoms with E-state index in [1.807, 2.05) is 12.1 Å². The summed E-state index contributed by atoms with van der Waals surface area (Å²) >= 11 is 0. The van der Waals surface area contributed by atoms with Crippen molar-refractivity contribution < 1.29 is 22.6 Å². The molecule has 0 radical (unpaired) electrons. The highest BCUT2D eigenvalue weighted by atomic mass is 19.2. The molecule has 2 atom stereocenters. The van der Waals surface area contributed by atoms with Crippen LogP contribution in [-0.2, 0) is 4.74 Å². The van der Waals surface area contributed by atoms with Gasteiger partial charge in [0.2, 0.25) is 5.82 Å². The second kappa shape index (κ2) is 14.4. The van der Waals surface area contributed by atoms with Gasteiger partial charge in [0.15, 0.2) is 11.6 Å². The average molecular weight is 537 g/mol. The minimum absolute atomic E-state index is 0.0285. The van der Waals surface area contributed by atoms with Gasteiger partial charge in [-0.1, -0.05) is 87.6 Å². The Hall–Kier alpha value is -3.05. The van der Waals surface area contributed by atoms with Gasteiger partial charge in [-0.3, -0.25) is 0 Å². The van der Waals surface area contributed by atoms with Crippen molar-refractivity contribution in [2.24, 2.45) is 5.92 Å². The zero-order valence-corrected chi connectivity index (χ0v) is 23.0. The van der Waals surface area contributed by atoms with Crippen molar-refractivity contribution in [2.45, 2.75) is 71.3 Å². The van der Waals surface area contributed by atoms with Crippen LogP contribution in [0.25, 0.3) is 28.3 Å². The van der Waals surface area contributed by atoms with Crippen LogP contribution in [0.5, 0.6) is 5.75 Å². The molecule has 4 rings (SSSR count). The Morgan fingerprint density at radius 3 is 2.26 bits per heavy atom. The van der Waals surface area contributed by atoms with E-state index in [1.54, 1.807) is 43.3 Å². The summed E-state index contributed by atoms with van der Waals surface area (Å²) in [6.45, 7) is 4.99. The standard InChI is InChI=1S/C34H39F3O2/c1-3-5-6-7-8-9-24-10-18-29(39-23-24)19-17-27-15-16-28(22-31(27)35)25-11-13-26(14-12-25)30-20-21-32(38-4-2)34(37)33(30)36/h11-17,19-22,24,29H,3-10,18,23H2,1-2H3. The van der Waals surface area contributed by atoms with Crippen molar-refractivity contribution in [3.8, 4) is 28.0 Å². The smallest absolute Gasteiger partial charge is 0.201 e. The molecule has 0 saturated carbocycles. The fourth-order valence-electron chi connectivity index (χ4n) is 5.16. The number of hydrogen-bond acceptors (Lipinski definition) is 2. The third-order valence-corrected chi connectivity index (χ3v) is 7.49. The van der Waals surface area contributed by atoms with Gasteiger partial charge < -0.3 is 9.47 Å². The molecular weight excluding hydrogens is 497 g/mol. The van der Waals surface area contributed by atoms with E-state index in [-0.39, 0.29) is 29.8 Å². The molecule has 208 valence electrons. The zero-order valence-electron chi connectivity index (χ0n) is 23.0. The molecule has 0 N–H and O–H groups in total. The lowest BCUT2D eigenvalue weighted by molar-refractivity contribution is 0.00824. The molecule has 3 aromatic rings. The van der Waals surface area contributed by atoms with Crippen LogP contribution in [0.2, 0.25) is 0 Å². The lowest BCUT2D eigenvalue weighted by Crippen LogP contribution is -2.24. The monoisotopic (exact) mass is 536 g/mol. The van der Waals surface area contributed by atoms with E-state index in [2.05, 4.69) is 6.92 Å². The third kappa shape index (κ3) is 7.76. The Kier molecular flexibility index (Phi) is 10.7. The lowest BCUT2D eigenvalue weighted by atomic mass is 9.92. The predicted octanol–water partition coefficient (Wildman–Crippen LogP) is 10.0. The molecule has 5 heteroatoms. The third-order valence-electron chi connectivity index (χ3n) is 7.49. The molecule has 0 bridgehead atoms. The van der Waals surface area contributed by atoms with Crippen molar-refractivity contribution in [2.75, 3.05) is 13.2 Å². The second-order valence-corrected chi connectivity index (χ2v) is 10.4. The molecule has 2 unspecified atom stereocenters. The van der Waals surface area contributed by atoms with Gasteiger partial charge >= 0.3 is 0 Å². The first-order valence-electron chi connectivity index (χ1n) is 14.3. The molecule has 1 aliphatic rings. The number of benzene rings is 3. The highest BCUT2D eigenvalue weighted by molar-refractivity contribution is 5.72. The summed E-state index contributed by atoms with van der Waals surface area (Å²) in [5, 5.41) is 0. The minimum Gasteiger partial charge on any atom is -0.491 e. The maximum Gasteiger partial charge on any atom is 0.201 e. The van der Waals surface area contributed by atoms with Crippen molar-refractivity contribution in [3.05, 3.63) is 83.7 Å². The summed E-state index contributed by atoms with van der Waals surface area (Å²) < 4.78 is 55.0. The van der Waals surface area contributed by atoms with Crippen LogP contribution in [-0.4, -0.2) is 19.3 Å². The quantitative estimate of drug-likeness (QED) is 0.214. The molecule has 1 aliphatic heterocycles. The summed E-state index contributed by atoms with van der Waals surface area (Å²) in [6, 6.07) is 15.0. The van der Waals surface area contributed by atoms with Crippen molar-refractivity contribution in [1.82, 2.24) is 0 Å². The highest BCUT2D eigenvalue weighted by Gasteiger charge is 2.20. The van der Waals surface area contributed by atoms with E-state index in [9.17, 15) is 13.2 Å². The molecule has 1 fully saturated rings. The fourth-order valence-corrected chi connectivity index (χ4v) is 5.16. The van der Waals surface area contributed by atoms with Gasteiger partial charge in [0.05, 0.1) is 19.3 Å². The van der Waals surface area contributed by atoms with E-state index in [0.29, 0.717) is 22.6 Å². The predicted molar refractivity (Wildman–Crippen MR) is 153 cm³/mol. The molecule has 3 aromatic carbocycles. The lowest BCUT2D eigenvalue weighted by Gasteiger charge is -2.27. The summed E-state index contributed by atoms with van der Waals surface area (Å²) in [6.07, 6.45) is 13.7. The summed E-state index contributed by atoms with van der Waals surface area (Å²) in [5.41, 5.74) is 2.70. The average Bonchev–Trinajstić information content (AvgIpc) is 2.96. The fraction of sp³-hybridized carbons (Fsp3) is 0.412. The number of unbranched alkanes of at least 4 members (excludes halogenated alkanes) is 4. The summed E-state index contributed by atoms with van der Waals surface area (Å²) in [5.74, 6) is -1.72. The number of hydrogen-bond donors (Lipinski definition) is 0. The molecule has 0 spiro atoms. The van der Waals surface area contributed by atoms with Crippen LogP contribution >= 0.6 is 0 Å². The highest BCUT2D eigenvalue weighted by Crippen LogP contribution is 2.32. The van der Waals surface area contributed by atoms with Gasteiger partial charge in [0, 0.05) is 11.1 Å². The molecule has 39 heavy (non-hydrogen) atoms. The Labute approximate surface area is 230 Å². The van der Waals surface area contributed by atoms with Crippen LogP contribution in [0.1, 0.15) is 70.8 Å². The molecule has 2 nitrogen and oxygen atoms in total. The van der Waals surface area contributed by atoms with E-state index in [0.717, 1.165) is 25.0 Å². The van der Waals surface area contributed by atoms with Gasteiger partial charge in [0.25, 0.3) is 0 Å².